The summed E-state index contributed by atoms with van der Waals surface area (Å²) in [6, 6.07) is 8.65. The summed E-state index contributed by atoms with van der Waals surface area (Å²) < 4.78 is 15.3. The highest BCUT2D eigenvalue weighted by molar-refractivity contribution is 5.99. The Balaban J connectivity index is 1.62. The molecule has 1 aromatic carbocycles. The van der Waals surface area contributed by atoms with Crippen molar-refractivity contribution in [2.24, 2.45) is 0 Å². The van der Waals surface area contributed by atoms with Crippen molar-refractivity contribution in [3.8, 4) is 0 Å². The quantitative estimate of drug-likeness (QED) is 0.761. The summed E-state index contributed by atoms with van der Waals surface area (Å²) in [5, 5.41) is 0. The summed E-state index contributed by atoms with van der Waals surface area (Å²) >= 11 is 0. The van der Waals surface area contributed by atoms with Crippen molar-refractivity contribution in [3.05, 3.63) is 53.1 Å². The molecule has 0 bridgehead atoms. The molecule has 0 radical (unpaired) electrons. The van der Waals surface area contributed by atoms with E-state index in [1.807, 2.05) is 25.1 Å². The predicted octanol–water partition coefficient (Wildman–Crippen LogP) is 4.00. The van der Waals surface area contributed by atoms with Gasteiger partial charge in [0.2, 0.25) is 0 Å². The van der Waals surface area contributed by atoms with Crippen LogP contribution in [0.15, 0.2) is 30.3 Å². The molecule has 1 aliphatic heterocycles. The molecule has 1 aromatic heterocycles. The minimum Gasteiger partial charge on any atom is -0.369 e. The van der Waals surface area contributed by atoms with Gasteiger partial charge in [-0.3, -0.25) is 9.69 Å². The first-order chi connectivity index (χ1) is 12.7. The fourth-order valence-electron chi connectivity index (χ4n) is 4.18. The van der Waals surface area contributed by atoms with Gasteiger partial charge in [-0.2, -0.15) is 0 Å². The Morgan fingerprint density at radius 1 is 1.04 bits per heavy atom. The van der Waals surface area contributed by atoms with Crippen LogP contribution in [-0.2, 0) is 5.54 Å². The molecule has 0 unspecified atom stereocenters. The number of hydrogen-bond donors (Lipinski definition) is 0. The van der Waals surface area contributed by atoms with Gasteiger partial charge in [0.15, 0.2) is 5.78 Å². The van der Waals surface area contributed by atoms with E-state index in [9.17, 15) is 9.18 Å². The molecule has 5 heteroatoms. The lowest BCUT2D eigenvalue weighted by Gasteiger charge is -2.35. The lowest BCUT2D eigenvalue weighted by atomic mass is 10.1. The number of aromatic nitrogens is 1. The Bertz CT molecular complexity index is 809. The summed E-state index contributed by atoms with van der Waals surface area (Å²) in [7, 11) is 0. The second-order valence-corrected chi connectivity index (χ2v) is 8.45. The van der Waals surface area contributed by atoms with E-state index in [4.69, 9.17) is 0 Å². The molecule has 0 N–H and O–H groups in total. The molecule has 2 heterocycles. The van der Waals surface area contributed by atoms with Gasteiger partial charge >= 0.3 is 0 Å². The van der Waals surface area contributed by atoms with E-state index in [2.05, 4.69) is 42.1 Å². The van der Waals surface area contributed by atoms with Gasteiger partial charge in [-0.05, 0) is 65.0 Å². The van der Waals surface area contributed by atoms with Crippen molar-refractivity contribution < 1.29 is 9.18 Å². The van der Waals surface area contributed by atoms with E-state index in [0.29, 0.717) is 6.54 Å². The van der Waals surface area contributed by atoms with Crippen LogP contribution in [-0.4, -0.2) is 48.0 Å². The molecule has 3 rings (SSSR count). The molecule has 4 nitrogen and oxygen atoms in total. The largest absolute Gasteiger partial charge is 0.369 e. The van der Waals surface area contributed by atoms with Gasteiger partial charge in [-0.15, -0.1) is 0 Å². The number of rotatable bonds is 4. The lowest BCUT2D eigenvalue weighted by Crippen LogP contribution is -2.48. The molecule has 27 heavy (non-hydrogen) atoms. The molecule has 0 aliphatic carbocycles. The van der Waals surface area contributed by atoms with Crippen LogP contribution in [0.3, 0.4) is 0 Å². The van der Waals surface area contributed by atoms with Gasteiger partial charge in [0, 0.05) is 54.4 Å². The minimum atomic E-state index is -0.212. The number of carbonyl (C=O) groups excluding carboxylic acids is 1. The van der Waals surface area contributed by atoms with Crippen molar-refractivity contribution >= 4 is 11.5 Å². The maximum Gasteiger partial charge on any atom is 0.178 e. The van der Waals surface area contributed by atoms with E-state index in [1.165, 1.54) is 12.1 Å². The molecular formula is C22H30FN3O. The molecule has 1 fully saturated rings. The van der Waals surface area contributed by atoms with Crippen molar-refractivity contribution in [3.63, 3.8) is 0 Å². The number of piperazine rings is 1. The van der Waals surface area contributed by atoms with E-state index in [-0.39, 0.29) is 17.1 Å². The fourth-order valence-corrected chi connectivity index (χ4v) is 4.18. The van der Waals surface area contributed by atoms with Crippen molar-refractivity contribution in [2.75, 3.05) is 37.6 Å². The number of nitrogens with zero attached hydrogens (tertiary/aromatic N) is 3. The normalized spacial score (nSPS) is 16.0. The van der Waals surface area contributed by atoms with Crippen LogP contribution in [0.1, 0.15) is 42.5 Å². The lowest BCUT2D eigenvalue weighted by molar-refractivity contribution is 0.0925. The second kappa shape index (κ2) is 7.47. The van der Waals surface area contributed by atoms with E-state index in [1.54, 1.807) is 0 Å². The van der Waals surface area contributed by atoms with Crippen LogP contribution in [0, 0.1) is 19.7 Å². The summed E-state index contributed by atoms with van der Waals surface area (Å²) in [4.78, 5) is 17.4. The molecule has 0 amide bonds. The van der Waals surface area contributed by atoms with E-state index in [0.717, 1.165) is 48.8 Å². The number of carbonyl (C=O) groups is 1. The molecule has 0 spiro atoms. The zero-order valence-corrected chi connectivity index (χ0v) is 17.1. The summed E-state index contributed by atoms with van der Waals surface area (Å²) in [5.41, 5.74) is 4.02. The maximum atomic E-state index is 13.1. The first-order valence-electron chi connectivity index (χ1n) is 9.62. The average Bonchev–Trinajstić information content (AvgIpc) is 2.91. The SMILES string of the molecule is Cc1cc(C(=O)CN2CCN(c3ccc(F)cc3)CC2)c(C)n1C(C)(C)C. The molecule has 0 atom stereocenters. The number of aryl methyl sites for hydroxylation is 1. The van der Waals surface area contributed by atoms with Crippen LogP contribution >= 0.6 is 0 Å². The van der Waals surface area contributed by atoms with Crippen molar-refractivity contribution in [2.45, 2.75) is 40.2 Å². The zero-order chi connectivity index (χ0) is 19.8. The van der Waals surface area contributed by atoms with Crippen molar-refractivity contribution in [1.29, 1.82) is 0 Å². The second-order valence-electron chi connectivity index (χ2n) is 8.45. The number of anilines is 1. The third-order valence-electron chi connectivity index (χ3n) is 5.33. The zero-order valence-electron chi connectivity index (χ0n) is 17.1. The standard InChI is InChI=1S/C22H30FN3O/c1-16-14-20(17(2)26(16)22(3,4)5)21(27)15-24-10-12-25(13-11-24)19-8-6-18(23)7-9-19/h6-9,14H,10-13,15H2,1-5H3. The maximum absolute atomic E-state index is 13.1. The monoisotopic (exact) mass is 371 g/mol. The van der Waals surface area contributed by atoms with Crippen molar-refractivity contribution in [1.82, 2.24) is 9.47 Å². The number of hydrogen-bond acceptors (Lipinski definition) is 3. The Labute approximate surface area is 161 Å². The fraction of sp³-hybridized carbons (Fsp3) is 0.500. The first-order valence-corrected chi connectivity index (χ1v) is 9.62. The molecular weight excluding hydrogens is 341 g/mol. The van der Waals surface area contributed by atoms with Gasteiger partial charge in [0.05, 0.1) is 6.54 Å². The van der Waals surface area contributed by atoms with Gasteiger partial charge in [-0.25, -0.2) is 4.39 Å². The predicted molar refractivity (Wildman–Crippen MR) is 108 cm³/mol. The van der Waals surface area contributed by atoms with Crippen LogP contribution in [0.2, 0.25) is 0 Å². The summed E-state index contributed by atoms with van der Waals surface area (Å²) in [6.07, 6.45) is 0. The summed E-state index contributed by atoms with van der Waals surface area (Å²) in [5.74, 6) is -0.0235. The Kier molecular flexibility index (Phi) is 5.43. The topological polar surface area (TPSA) is 28.5 Å². The Morgan fingerprint density at radius 3 is 2.15 bits per heavy atom. The highest BCUT2D eigenvalue weighted by Gasteiger charge is 2.25. The highest BCUT2D eigenvalue weighted by atomic mass is 19.1. The van der Waals surface area contributed by atoms with E-state index >= 15 is 0 Å². The number of Topliss-reactive ketones (excluding diaryl/α,β-unsaturated/α-hetero) is 1. The van der Waals surface area contributed by atoms with E-state index < -0.39 is 0 Å². The molecule has 1 saturated heterocycles. The highest BCUT2D eigenvalue weighted by Crippen LogP contribution is 2.25. The third kappa shape index (κ3) is 4.24. The molecule has 1 aliphatic rings. The Hall–Kier alpha value is -2.14. The minimum absolute atomic E-state index is 0.0342. The number of ketones is 1. The number of benzene rings is 1. The van der Waals surface area contributed by atoms with Crippen LogP contribution in [0.25, 0.3) is 0 Å². The van der Waals surface area contributed by atoms with Gasteiger partial charge in [-0.1, -0.05) is 0 Å². The van der Waals surface area contributed by atoms with Gasteiger partial charge in [0.1, 0.15) is 5.82 Å². The first kappa shape index (κ1) is 19.6. The van der Waals surface area contributed by atoms with Gasteiger partial charge < -0.3 is 9.47 Å². The Morgan fingerprint density at radius 2 is 1.63 bits per heavy atom. The van der Waals surface area contributed by atoms with Crippen LogP contribution in [0.4, 0.5) is 10.1 Å². The molecule has 146 valence electrons. The average molecular weight is 372 g/mol. The van der Waals surface area contributed by atoms with Gasteiger partial charge in [0.25, 0.3) is 0 Å². The van der Waals surface area contributed by atoms with Crippen LogP contribution < -0.4 is 4.90 Å². The smallest absolute Gasteiger partial charge is 0.178 e. The summed E-state index contributed by atoms with van der Waals surface area (Å²) in [6.45, 7) is 14.4. The number of halogens is 1. The third-order valence-corrected chi connectivity index (χ3v) is 5.33. The van der Waals surface area contributed by atoms with Crippen LogP contribution in [0.5, 0.6) is 0 Å². The molecule has 0 saturated carbocycles. The molecule has 2 aromatic rings.